The number of aryl methyl sites for hydroxylation is 1. The molecule has 1 saturated carbocycles. The first-order chi connectivity index (χ1) is 22.1. The molecule has 1 unspecified atom stereocenters. The molecule has 3 aromatic carbocycles. The summed E-state index contributed by atoms with van der Waals surface area (Å²) in [5.41, 5.74) is 5.37. The summed E-state index contributed by atoms with van der Waals surface area (Å²) in [7, 11) is 0. The number of carbonyl (C=O) groups excluding carboxylic acids is 2. The molecular formula is C35H34F3N3O5. The molecule has 0 amide bonds. The van der Waals surface area contributed by atoms with Crippen molar-refractivity contribution in [1.29, 1.82) is 0 Å². The molecule has 5 rings (SSSR count). The summed E-state index contributed by atoms with van der Waals surface area (Å²) in [5, 5.41) is 3.19. The minimum atomic E-state index is -1.14. The number of esters is 1. The van der Waals surface area contributed by atoms with Gasteiger partial charge in [0.15, 0.2) is 17.4 Å². The first kappa shape index (κ1) is 32.5. The summed E-state index contributed by atoms with van der Waals surface area (Å²) >= 11 is 0. The van der Waals surface area contributed by atoms with Crippen LogP contribution in [0, 0.1) is 24.4 Å². The number of rotatable bonds is 12. The van der Waals surface area contributed by atoms with E-state index in [9.17, 15) is 18.8 Å². The van der Waals surface area contributed by atoms with Gasteiger partial charge in [-0.05, 0) is 81.0 Å². The van der Waals surface area contributed by atoms with Gasteiger partial charge in [-0.3, -0.25) is 14.2 Å². The molecule has 0 aliphatic heterocycles. The number of aromatic nitrogens is 1. The zero-order valence-electron chi connectivity index (χ0n) is 25.2. The number of hydrogen-bond donors (Lipinski definition) is 2. The predicted molar refractivity (Wildman–Crippen MR) is 167 cm³/mol. The van der Waals surface area contributed by atoms with Crippen molar-refractivity contribution in [1.82, 2.24) is 9.88 Å². The van der Waals surface area contributed by atoms with Crippen LogP contribution in [-0.4, -0.2) is 35.6 Å². The number of nitrogens with zero attached hydrogens (tertiary/aromatic N) is 1. The topological polar surface area (TPSA) is 113 Å². The number of nitrogens with one attached hydrogen (secondary N) is 1. The third-order valence-corrected chi connectivity index (χ3v) is 7.90. The van der Waals surface area contributed by atoms with Gasteiger partial charge in [0.1, 0.15) is 35.2 Å². The third kappa shape index (κ3) is 7.31. The minimum Gasteiger partial charge on any atom is -0.493 e. The Morgan fingerprint density at radius 2 is 1.65 bits per heavy atom. The number of carbonyl (C=O) groups is 2. The molecule has 240 valence electrons. The van der Waals surface area contributed by atoms with E-state index in [1.807, 2.05) is 30.3 Å². The van der Waals surface area contributed by atoms with Gasteiger partial charge in [-0.2, -0.15) is 0 Å². The summed E-state index contributed by atoms with van der Waals surface area (Å²) in [4.78, 5) is 38.8. The van der Waals surface area contributed by atoms with Crippen LogP contribution in [0.25, 0.3) is 5.69 Å². The van der Waals surface area contributed by atoms with Crippen LogP contribution in [0.5, 0.6) is 5.75 Å². The highest BCUT2D eigenvalue weighted by Crippen LogP contribution is 2.28. The van der Waals surface area contributed by atoms with Crippen molar-refractivity contribution in [2.75, 3.05) is 18.9 Å². The SMILES string of the molecule is Cc1cc(C(=O)c2ccc(=O)n(-c3c(F)cc(OCCCNC(C(=O)OC4CCCC4)c4ccccc4)cc3F)c2N)ccc1F. The van der Waals surface area contributed by atoms with Crippen LogP contribution in [0.4, 0.5) is 19.0 Å². The van der Waals surface area contributed by atoms with Gasteiger partial charge >= 0.3 is 5.97 Å². The minimum absolute atomic E-state index is 0.0631. The number of ketones is 1. The normalized spacial score (nSPS) is 13.8. The smallest absolute Gasteiger partial charge is 0.328 e. The van der Waals surface area contributed by atoms with Gasteiger partial charge in [0.25, 0.3) is 5.56 Å². The van der Waals surface area contributed by atoms with Gasteiger partial charge in [-0.1, -0.05) is 30.3 Å². The van der Waals surface area contributed by atoms with Crippen LogP contribution in [0.1, 0.15) is 65.2 Å². The molecule has 3 N–H and O–H groups in total. The average Bonchev–Trinajstić information content (AvgIpc) is 3.54. The van der Waals surface area contributed by atoms with Crippen LogP contribution < -0.4 is 21.3 Å². The fourth-order valence-electron chi connectivity index (χ4n) is 5.49. The lowest BCUT2D eigenvalue weighted by Gasteiger charge is -2.21. The highest BCUT2D eigenvalue weighted by atomic mass is 19.1. The summed E-state index contributed by atoms with van der Waals surface area (Å²) < 4.78 is 56.2. The zero-order chi connectivity index (χ0) is 32.8. The molecule has 0 radical (unpaired) electrons. The maximum atomic E-state index is 15.3. The van der Waals surface area contributed by atoms with Gasteiger partial charge < -0.3 is 20.5 Å². The Morgan fingerprint density at radius 3 is 2.33 bits per heavy atom. The summed E-state index contributed by atoms with van der Waals surface area (Å²) in [6.45, 7) is 1.90. The molecule has 1 aromatic heterocycles. The van der Waals surface area contributed by atoms with Crippen molar-refractivity contribution in [2.24, 2.45) is 0 Å². The van der Waals surface area contributed by atoms with Crippen LogP contribution in [0.3, 0.4) is 0 Å². The standard InChI is InChI=1S/C35H34F3N3O5/c1-21-18-23(12-14-27(21)36)33(43)26-13-15-30(42)41(34(26)39)32-28(37)19-25(20-29(32)38)45-17-7-16-40-31(22-8-3-2-4-9-22)35(44)46-24-10-5-6-11-24/h2-4,8-9,12-15,18-20,24,31,40H,5-7,10-11,16-17,39H2,1H3. The molecule has 0 spiro atoms. The Morgan fingerprint density at radius 1 is 0.957 bits per heavy atom. The summed E-state index contributed by atoms with van der Waals surface area (Å²) in [6, 6.07) is 16.2. The van der Waals surface area contributed by atoms with E-state index in [2.05, 4.69) is 5.32 Å². The van der Waals surface area contributed by atoms with E-state index in [-0.39, 0.29) is 41.1 Å². The molecule has 0 bridgehead atoms. The highest BCUT2D eigenvalue weighted by molar-refractivity contribution is 6.11. The third-order valence-electron chi connectivity index (χ3n) is 7.90. The summed E-state index contributed by atoms with van der Waals surface area (Å²) in [5.74, 6) is -4.38. The second kappa shape index (κ2) is 14.5. The van der Waals surface area contributed by atoms with E-state index in [1.165, 1.54) is 19.1 Å². The number of pyridine rings is 1. The molecular weight excluding hydrogens is 599 g/mol. The van der Waals surface area contributed by atoms with E-state index in [0.717, 1.165) is 61.6 Å². The number of hydrogen-bond acceptors (Lipinski definition) is 7. The van der Waals surface area contributed by atoms with Crippen LogP contribution in [0.2, 0.25) is 0 Å². The lowest BCUT2D eigenvalue weighted by Crippen LogP contribution is -2.33. The lowest BCUT2D eigenvalue weighted by molar-refractivity contribution is -0.151. The molecule has 8 nitrogen and oxygen atoms in total. The monoisotopic (exact) mass is 633 g/mol. The Balaban J connectivity index is 1.25. The average molecular weight is 634 g/mol. The van der Waals surface area contributed by atoms with Crippen molar-refractivity contribution < 1.29 is 32.2 Å². The molecule has 1 aliphatic rings. The van der Waals surface area contributed by atoms with Gasteiger partial charge in [0.05, 0.1) is 12.2 Å². The Labute approximate surface area is 264 Å². The van der Waals surface area contributed by atoms with E-state index < -0.39 is 46.3 Å². The predicted octanol–water partition coefficient (Wildman–Crippen LogP) is 5.96. The van der Waals surface area contributed by atoms with Crippen LogP contribution in [0.15, 0.2) is 77.6 Å². The maximum absolute atomic E-state index is 15.3. The molecule has 1 fully saturated rings. The zero-order valence-corrected chi connectivity index (χ0v) is 25.2. The number of nitrogens with two attached hydrogens (primary N) is 1. The van der Waals surface area contributed by atoms with Crippen molar-refractivity contribution in [3.63, 3.8) is 0 Å². The second-order valence-electron chi connectivity index (χ2n) is 11.2. The Bertz CT molecular complexity index is 1770. The fourth-order valence-corrected chi connectivity index (χ4v) is 5.49. The number of nitrogen functional groups attached to an aromatic ring is 1. The van der Waals surface area contributed by atoms with E-state index >= 15 is 8.78 Å². The highest BCUT2D eigenvalue weighted by Gasteiger charge is 2.27. The maximum Gasteiger partial charge on any atom is 0.328 e. The molecule has 1 heterocycles. The Kier molecular flexibility index (Phi) is 10.2. The molecule has 0 saturated heterocycles. The van der Waals surface area contributed by atoms with Gasteiger partial charge in [-0.15, -0.1) is 0 Å². The lowest BCUT2D eigenvalue weighted by atomic mass is 10.0. The quantitative estimate of drug-likeness (QED) is 0.112. The number of benzene rings is 3. The molecule has 1 atom stereocenters. The van der Waals surface area contributed by atoms with Crippen molar-refractivity contribution in [2.45, 2.75) is 51.2 Å². The molecule has 46 heavy (non-hydrogen) atoms. The molecule has 11 heteroatoms. The first-order valence-electron chi connectivity index (χ1n) is 15.1. The first-order valence-corrected chi connectivity index (χ1v) is 15.1. The van der Waals surface area contributed by atoms with Crippen molar-refractivity contribution >= 4 is 17.6 Å². The number of anilines is 1. The van der Waals surface area contributed by atoms with Crippen LogP contribution >= 0.6 is 0 Å². The van der Waals surface area contributed by atoms with Crippen molar-refractivity contribution in [3.05, 3.63) is 123 Å². The van der Waals surface area contributed by atoms with E-state index in [1.54, 1.807) is 0 Å². The molecule has 1 aliphatic carbocycles. The van der Waals surface area contributed by atoms with Gasteiger partial charge in [-0.25, -0.2) is 18.0 Å². The van der Waals surface area contributed by atoms with Crippen molar-refractivity contribution in [3.8, 4) is 11.4 Å². The van der Waals surface area contributed by atoms with Gasteiger partial charge in [0, 0.05) is 23.8 Å². The van der Waals surface area contributed by atoms with Crippen LogP contribution in [-0.2, 0) is 9.53 Å². The van der Waals surface area contributed by atoms with E-state index in [4.69, 9.17) is 15.2 Å². The second-order valence-corrected chi connectivity index (χ2v) is 11.2. The molecule has 4 aromatic rings. The largest absolute Gasteiger partial charge is 0.493 e. The fraction of sp³-hybridized carbons (Fsp3) is 0.286. The summed E-state index contributed by atoms with van der Waals surface area (Å²) in [6.07, 6.45) is 4.10. The number of halogens is 3. The Hall–Kier alpha value is -4.90. The number of ether oxygens (including phenoxy) is 2. The van der Waals surface area contributed by atoms with Gasteiger partial charge in [0.2, 0.25) is 0 Å². The van der Waals surface area contributed by atoms with E-state index in [0.29, 0.717) is 17.5 Å².